The molecule has 2 amide bonds. The zero-order valence-corrected chi connectivity index (χ0v) is 52.1. The molecule has 0 radical (unpaired) electrons. The number of aliphatic hydroxyl groups is 2. The Labute approximate surface area is 529 Å². The topological polar surface area (TPSA) is 255 Å². The van der Waals surface area contributed by atoms with Crippen LogP contribution >= 0.6 is 11.3 Å². The molecule has 9 aromatic rings. The Balaban J connectivity index is 0.768. The number of aromatic nitrogens is 10. The van der Waals surface area contributed by atoms with Crippen molar-refractivity contribution in [2.24, 2.45) is 5.92 Å². The number of rotatable bonds is 20. The van der Waals surface area contributed by atoms with Crippen molar-refractivity contribution in [1.29, 1.82) is 0 Å². The molecule has 1 unspecified atom stereocenters. The molecule has 4 aromatic carbocycles. The molecule has 4 N–H and O–H groups in total. The average Bonchev–Trinajstić information content (AvgIpc) is 1.72. The fourth-order valence-electron chi connectivity index (χ4n) is 13.2. The molecule has 5 aromatic heterocycles. The summed E-state index contributed by atoms with van der Waals surface area (Å²) >= 11 is 1.54. The molecule has 4 saturated heterocycles. The van der Waals surface area contributed by atoms with E-state index < -0.39 is 30.1 Å². The van der Waals surface area contributed by atoms with Crippen LogP contribution < -0.4 is 25.0 Å². The molecule has 91 heavy (non-hydrogen) atoms. The monoisotopic (exact) mass is 1250 g/mol. The van der Waals surface area contributed by atoms with Crippen molar-refractivity contribution in [2.45, 2.75) is 134 Å². The molecule has 5 fully saturated rings. The number of thiazole rings is 1. The van der Waals surface area contributed by atoms with Crippen LogP contribution in [-0.4, -0.2) is 147 Å². The van der Waals surface area contributed by atoms with E-state index in [2.05, 4.69) is 46.9 Å². The third-order valence-electron chi connectivity index (χ3n) is 18.2. The molecule has 0 spiro atoms. The standard InChI is InChI=1S/C67H73FN14O8S/c1-37(2)60(65(86)80-32-46(84)26-55(80)64(85)74-53(34-83)43-15-17-44(18-16-43)62-39(4)71-36-91-62)81-33-52(77-78-81)42-11-9-40(10-12-42)35-89-61-58(57-38(3)51(68)28-54-50(57)29-72-82(54)56-8-5-6-23-88-56)48(41-13-14-41)27-49-59(61)75-67(90-47-19-24-87-25-20-47)76-63(49)73-45-30-79(31-45)66-69-21-7-22-70-66/h7,9-12,15-18,21-22,27-29,33,36-37,41,45-47,53,55-56,60,83-84H,5-6,8,13-14,19-20,23-26,30-32,34-35H2,1-4H3,(H,74,85)(H,73,75,76)/t46-,53+,55+,56?,60+/m1/s1. The van der Waals surface area contributed by atoms with Crippen molar-refractivity contribution in [3.63, 3.8) is 0 Å². The predicted octanol–water partition coefficient (Wildman–Crippen LogP) is 9.60. The van der Waals surface area contributed by atoms with Gasteiger partial charge in [0.05, 0.1) is 72.0 Å². The quantitative estimate of drug-likeness (QED) is 0.0554. The van der Waals surface area contributed by atoms with Crippen molar-refractivity contribution in [1.82, 2.24) is 59.9 Å². The summed E-state index contributed by atoms with van der Waals surface area (Å²) in [5.74, 6) is 0.345. The number of halogens is 1. The Hall–Kier alpha value is -8.55. The summed E-state index contributed by atoms with van der Waals surface area (Å²) < 4.78 is 46.1. The Morgan fingerprint density at radius 3 is 2.38 bits per heavy atom. The van der Waals surface area contributed by atoms with Gasteiger partial charge in [-0.15, -0.1) is 16.4 Å². The van der Waals surface area contributed by atoms with E-state index >= 15 is 4.39 Å². The molecular weight excluding hydrogens is 1180 g/mol. The minimum absolute atomic E-state index is 0.00703. The van der Waals surface area contributed by atoms with Crippen LogP contribution in [0.1, 0.15) is 117 Å². The predicted molar refractivity (Wildman–Crippen MR) is 340 cm³/mol. The van der Waals surface area contributed by atoms with Gasteiger partial charge in [-0.25, -0.2) is 28.7 Å². The second-order valence-electron chi connectivity index (χ2n) is 24.9. The number of hydrogen-bond donors (Lipinski definition) is 4. The zero-order valence-electron chi connectivity index (χ0n) is 51.2. The van der Waals surface area contributed by atoms with Gasteiger partial charge in [0.15, 0.2) is 12.0 Å². The van der Waals surface area contributed by atoms with Gasteiger partial charge in [-0.1, -0.05) is 67.6 Å². The molecule has 24 heteroatoms. The third kappa shape index (κ3) is 12.2. The van der Waals surface area contributed by atoms with Crippen molar-refractivity contribution in [3.8, 4) is 44.6 Å². The zero-order chi connectivity index (χ0) is 62.4. The molecule has 9 heterocycles. The van der Waals surface area contributed by atoms with Gasteiger partial charge in [0.2, 0.25) is 17.8 Å². The van der Waals surface area contributed by atoms with Crippen LogP contribution in [0.3, 0.4) is 0 Å². The van der Waals surface area contributed by atoms with Gasteiger partial charge in [0, 0.05) is 91.4 Å². The first-order valence-corrected chi connectivity index (χ1v) is 32.5. The fourth-order valence-corrected chi connectivity index (χ4v) is 14.0. The van der Waals surface area contributed by atoms with E-state index in [0.29, 0.717) is 96.7 Å². The summed E-state index contributed by atoms with van der Waals surface area (Å²) in [6, 6.07) is 18.5. The fraction of sp³-hybridized carbons (Fsp3) is 0.433. The van der Waals surface area contributed by atoms with Gasteiger partial charge in [-0.2, -0.15) is 15.1 Å². The van der Waals surface area contributed by atoms with Gasteiger partial charge in [0.25, 0.3) is 0 Å². The van der Waals surface area contributed by atoms with E-state index in [1.165, 1.54) is 20.9 Å². The Bertz CT molecular complexity index is 4110. The number of ether oxygens (including phenoxy) is 4. The Morgan fingerprint density at radius 2 is 1.67 bits per heavy atom. The number of nitrogens with one attached hydrogen (secondary N) is 2. The smallest absolute Gasteiger partial charge is 0.319 e. The first kappa shape index (κ1) is 60.0. The third-order valence-corrected chi connectivity index (χ3v) is 19.2. The molecule has 5 atom stereocenters. The number of aliphatic hydroxyl groups excluding tert-OH is 2. The Kier molecular flexibility index (Phi) is 16.9. The van der Waals surface area contributed by atoms with Crippen LogP contribution in [0.25, 0.3) is 54.6 Å². The maximum atomic E-state index is 16.9. The van der Waals surface area contributed by atoms with E-state index in [1.807, 2.05) is 87.1 Å². The molecular formula is C67H73FN14O8S. The van der Waals surface area contributed by atoms with Gasteiger partial charge >= 0.3 is 6.01 Å². The van der Waals surface area contributed by atoms with Gasteiger partial charge in [-0.3, -0.25) is 9.59 Å². The summed E-state index contributed by atoms with van der Waals surface area (Å²) in [6.45, 7) is 10.2. The maximum Gasteiger partial charge on any atom is 0.319 e. The highest BCUT2D eigenvalue weighted by Gasteiger charge is 2.44. The molecule has 4 aliphatic heterocycles. The highest BCUT2D eigenvalue weighted by molar-refractivity contribution is 7.13. The number of nitrogens with zero attached hydrogens (tertiary/aromatic N) is 12. The van der Waals surface area contributed by atoms with Crippen LogP contribution in [0.15, 0.2) is 97.0 Å². The first-order valence-electron chi connectivity index (χ1n) is 31.6. The lowest BCUT2D eigenvalue weighted by atomic mass is 9.88. The number of fused-ring (bicyclic) bond motifs is 2. The van der Waals surface area contributed by atoms with E-state index in [4.69, 9.17) is 34.0 Å². The number of β-amino-alcohol motifs (C(OH)–C–C–N with tert-alkyl or cyclic N) is 1. The van der Waals surface area contributed by atoms with Crippen LogP contribution in [0.5, 0.6) is 11.8 Å². The lowest BCUT2D eigenvalue weighted by molar-refractivity contribution is -0.142. The van der Waals surface area contributed by atoms with Crippen molar-refractivity contribution < 1.29 is 43.1 Å². The largest absolute Gasteiger partial charge is 0.486 e. The van der Waals surface area contributed by atoms with Crippen molar-refractivity contribution >= 4 is 56.7 Å². The summed E-state index contributed by atoms with van der Waals surface area (Å²) in [7, 11) is 0. The number of hydrogen-bond acceptors (Lipinski definition) is 19. The number of carbonyl (C=O) groups is 2. The number of carbonyl (C=O) groups excluding carboxylic acids is 2. The second-order valence-corrected chi connectivity index (χ2v) is 25.8. The molecule has 0 bridgehead atoms. The number of aryl methyl sites for hydroxylation is 1. The van der Waals surface area contributed by atoms with Crippen LogP contribution in [0.2, 0.25) is 0 Å². The molecule has 472 valence electrons. The summed E-state index contributed by atoms with van der Waals surface area (Å²) in [5, 5.41) is 43.6. The lowest BCUT2D eigenvalue weighted by Crippen LogP contribution is -2.55. The van der Waals surface area contributed by atoms with E-state index in [1.54, 1.807) is 36.2 Å². The van der Waals surface area contributed by atoms with Crippen molar-refractivity contribution in [3.05, 3.63) is 131 Å². The molecule has 22 nitrogen and oxygen atoms in total. The maximum absolute atomic E-state index is 16.9. The van der Waals surface area contributed by atoms with Gasteiger partial charge < -0.3 is 49.6 Å². The highest BCUT2D eigenvalue weighted by atomic mass is 32.1. The van der Waals surface area contributed by atoms with Crippen molar-refractivity contribution in [2.75, 3.05) is 56.3 Å². The summed E-state index contributed by atoms with van der Waals surface area (Å²) in [4.78, 5) is 57.1. The van der Waals surface area contributed by atoms with E-state index in [-0.39, 0.29) is 74.1 Å². The van der Waals surface area contributed by atoms with E-state index in [9.17, 15) is 19.8 Å². The summed E-state index contributed by atoms with van der Waals surface area (Å²) in [6.07, 6.45) is 11.5. The van der Waals surface area contributed by atoms with Gasteiger partial charge in [-0.05, 0) is 97.7 Å². The van der Waals surface area contributed by atoms with E-state index in [0.717, 1.165) is 81.3 Å². The summed E-state index contributed by atoms with van der Waals surface area (Å²) in [5.41, 5.74) is 10.5. The van der Waals surface area contributed by atoms with Crippen LogP contribution in [0, 0.1) is 25.6 Å². The number of likely N-dealkylation sites (tertiary alicyclic amines) is 1. The minimum Gasteiger partial charge on any atom is -0.486 e. The molecule has 14 rings (SSSR count). The SMILES string of the molecule is Cc1ncsc1-c1ccc([C@H](CO)NC(=O)[C@@H]2C[C@@H](O)CN2C(=O)[C@H](C(C)C)n2cc(-c3ccc(COc4c(-c5c(C)c(F)cc6c5cnn6C5CCCCO5)c(C5CC5)cc5c(NC6CN(c7ncccn7)C6)nc(OC6CCOCC6)nc45)cc3)nn2)cc1. The Morgan fingerprint density at radius 1 is 0.890 bits per heavy atom. The molecule has 5 aliphatic rings. The number of anilines is 2. The number of amides is 2. The van der Waals surface area contributed by atoms with Crippen LogP contribution in [-0.2, 0) is 25.7 Å². The minimum atomic E-state index is -0.993. The normalized spacial score (nSPS) is 19.7. The second kappa shape index (κ2) is 25.6. The molecule has 1 aliphatic carbocycles. The lowest BCUT2D eigenvalue weighted by Gasteiger charge is -2.39. The van der Waals surface area contributed by atoms with Crippen LogP contribution in [0.4, 0.5) is 16.2 Å². The highest BCUT2D eigenvalue weighted by Crippen LogP contribution is 2.53. The first-order chi connectivity index (χ1) is 44.3. The average molecular weight is 1250 g/mol. The van der Waals surface area contributed by atoms with Gasteiger partial charge in [0.1, 0.15) is 47.6 Å². The number of benzene rings is 4. The molecule has 1 saturated carbocycles.